The number of aryl methyl sites for hydroxylation is 2. The van der Waals surface area contributed by atoms with Gasteiger partial charge >= 0.3 is 0 Å². The van der Waals surface area contributed by atoms with Crippen LogP contribution in [0.4, 0.5) is 0 Å². The average Bonchev–Trinajstić information content (AvgIpc) is 2.85. The molecule has 2 rings (SSSR count). The largest absolute Gasteiger partial charge is 0.465 e. The first-order chi connectivity index (χ1) is 9.97. The molecule has 1 N–H and O–H groups in total. The van der Waals surface area contributed by atoms with E-state index in [0.717, 1.165) is 17.1 Å². The maximum absolute atomic E-state index is 12.2. The Morgan fingerprint density at radius 1 is 1.14 bits per heavy atom. The molecule has 0 unspecified atom stereocenters. The van der Waals surface area contributed by atoms with Crippen LogP contribution in [0.3, 0.4) is 0 Å². The first kappa shape index (κ1) is 15.3. The van der Waals surface area contributed by atoms with Gasteiger partial charge in [-0.3, -0.25) is 9.69 Å². The molecule has 0 aliphatic heterocycles. The molecule has 0 fully saturated rings. The predicted molar refractivity (Wildman–Crippen MR) is 83.4 cm³/mol. The SMILES string of the molecule is Cc1ccc(C(=O)NC[C@@H](c2ccc(C)o2)N(C)C)cc1. The summed E-state index contributed by atoms with van der Waals surface area (Å²) in [4.78, 5) is 14.2. The fourth-order valence-corrected chi connectivity index (χ4v) is 2.17. The van der Waals surface area contributed by atoms with E-state index >= 15 is 0 Å². The van der Waals surface area contributed by atoms with Gasteiger partial charge in [-0.25, -0.2) is 0 Å². The van der Waals surface area contributed by atoms with Crippen LogP contribution in [0.1, 0.15) is 33.5 Å². The summed E-state index contributed by atoms with van der Waals surface area (Å²) in [7, 11) is 3.95. The van der Waals surface area contributed by atoms with Crippen molar-refractivity contribution in [2.45, 2.75) is 19.9 Å². The molecule has 1 aromatic heterocycles. The van der Waals surface area contributed by atoms with Crippen molar-refractivity contribution in [2.24, 2.45) is 0 Å². The highest BCUT2D eigenvalue weighted by atomic mass is 16.3. The second-order valence-corrected chi connectivity index (χ2v) is 5.50. The molecule has 0 aliphatic rings. The minimum Gasteiger partial charge on any atom is -0.465 e. The van der Waals surface area contributed by atoms with Crippen molar-refractivity contribution < 1.29 is 9.21 Å². The van der Waals surface area contributed by atoms with E-state index < -0.39 is 0 Å². The molecular formula is C17H22N2O2. The molecule has 0 radical (unpaired) electrons. The fourth-order valence-electron chi connectivity index (χ4n) is 2.17. The number of nitrogens with zero attached hydrogens (tertiary/aromatic N) is 1. The molecule has 0 saturated carbocycles. The number of hydrogen-bond donors (Lipinski definition) is 1. The van der Waals surface area contributed by atoms with Gasteiger partial charge in [0.25, 0.3) is 5.91 Å². The summed E-state index contributed by atoms with van der Waals surface area (Å²) >= 11 is 0. The molecule has 0 bridgehead atoms. The summed E-state index contributed by atoms with van der Waals surface area (Å²) in [5.41, 5.74) is 1.82. The van der Waals surface area contributed by atoms with E-state index in [1.165, 1.54) is 0 Å². The molecule has 1 aromatic carbocycles. The maximum Gasteiger partial charge on any atom is 0.251 e. The first-order valence-corrected chi connectivity index (χ1v) is 7.05. The van der Waals surface area contributed by atoms with Crippen molar-refractivity contribution in [3.63, 3.8) is 0 Å². The molecule has 112 valence electrons. The van der Waals surface area contributed by atoms with Gasteiger partial charge in [-0.05, 0) is 52.2 Å². The minimum atomic E-state index is -0.0647. The molecular weight excluding hydrogens is 264 g/mol. The van der Waals surface area contributed by atoms with Crippen molar-refractivity contribution in [2.75, 3.05) is 20.6 Å². The molecule has 4 heteroatoms. The molecule has 1 atom stereocenters. The highest BCUT2D eigenvalue weighted by Gasteiger charge is 2.18. The van der Waals surface area contributed by atoms with E-state index in [0.29, 0.717) is 12.1 Å². The Morgan fingerprint density at radius 2 is 1.81 bits per heavy atom. The van der Waals surface area contributed by atoms with Gasteiger partial charge in [0.15, 0.2) is 0 Å². The number of furan rings is 1. The number of likely N-dealkylation sites (N-methyl/N-ethyl adjacent to an activating group) is 1. The third-order valence-corrected chi connectivity index (χ3v) is 3.48. The summed E-state index contributed by atoms with van der Waals surface area (Å²) in [6.45, 7) is 4.43. The molecule has 0 aliphatic carbocycles. The van der Waals surface area contributed by atoms with Gasteiger partial charge in [0.1, 0.15) is 11.5 Å². The van der Waals surface area contributed by atoms with E-state index in [2.05, 4.69) is 5.32 Å². The summed E-state index contributed by atoms with van der Waals surface area (Å²) in [6.07, 6.45) is 0. The Bertz CT molecular complexity index is 600. The maximum atomic E-state index is 12.2. The van der Waals surface area contributed by atoms with Crippen LogP contribution in [0.25, 0.3) is 0 Å². The normalized spacial score (nSPS) is 12.4. The van der Waals surface area contributed by atoms with Crippen LogP contribution in [0.15, 0.2) is 40.8 Å². The Hall–Kier alpha value is -2.07. The summed E-state index contributed by atoms with van der Waals surface area (Å²) in [5, 5.41) is 2.97. The average molecular weight is 286 g/mol. The van der Waals surface area contributed by atoms with Crippen LogP contribution in [-0.4, -0.2) is 31.4 Å². The van der Waals surface area contributed by atoms with E-state index in [9.17, 15) is 4.79 Å². The van der Waals surface area contributed by atoms with E-state index in [4.69, 9.17) is 4.42 Å². The quantitative estimate of drug-likeness (QED) is 0.919. The molecule has 2 aromatic rings. The zero-order valence-electron chi connectivity index (χ0n) is 13.0. The standard InChI is InChI=1S/C17H22N2O2/c1-12-5-8-14(9-6-12)17(20)18-11-15(19(3)4)16-10-7-13(2)21-16/h5-10,15H,11H2,1-4H3,(H,18,20)/t15-/m0/s1. The second kappa shape index (κ2) is 6.59. The van der Waals surface area contributed by atoms with Crippen molar-refractivity contribution in [1.29, 1.82) is 0 Å². The van der Waals surface area contributed by atoms with E-state index in [-0.39, 0.29) is 11.9 Å². The van der Waals surface area contributed by atoms with Crippen LogP contribution < -0.4 is 5.32 Å². The lowest BCUT2D eigenvalue weighted by molar-refractivity contribution is 0.0939. The molecule has 21 heavy (non-hydrogen) atoms. The molecule has 1 heterocycles. The number of carbonyl (C=O) groups excluding carboxylic acids is 1. The Balaban J connectivity index is 2.02. The van der Waals surface area contributed by atoms with Gasteiger partial charge < -0.3 is 9.73 Å². The Morgan fingerprint density at radius 3 is 2.33 bits per heavy atom. The van der Waals surface area contributed by atoms with Crippen LogP contribution in [-0.2, 0) is 0 Å². The van der Waals surface area contributed by atoms with Gasteiger partial charge in [-0.2, -0.15) is 0 Å². The first-order valence-electron chi connectivity index (χ1n) is 7.05. The predicted octanol–water partition coefficient (Wildman–Crippen LogP) is 2.93. The summed E-state index contributed by atoms with van der Waals surface area (Å²) in [5.74, 6) is 1.67. The molecule has 1 amide bonds. The number of amides is 1. The van der Waals surface area contributed by atoms with Crippen molar-refractivity contribution >= 4 is 5.91 Å². The lowest BCUT2D eigenvalue weighted by Gasteiger charge is -2.22. The van der Waals surface area contributed by atoms with Gasteiger partial charge in [-0.1, -0.05) is 17.7 Å². The topological polar surface area (TPSA) is 45.5 Å². The van der Waals surface area contributed by atoms with Crippen molar-refractivity contribution in [3.05, 3.63) is 59.0 Å². The van der Waals surface area contributed by atoms with Gasteiger partial charge in [0.05, 0.1) is 6.04 Å². The van der Waals surface area contributed by atoms with E-state index in [1.807, 2.05) is 69.2 Å². The number of carbonyl (C=O) groups is 1. The molecule has 0 saturated heterocycles. The van der Waals surface area contributed by atoms with Gasteiger partial charge in [0, 0.05) is 12.1 Å². The number of nitrogens with one attached hydrogen (secondary N) is 1. The van der Waals surface area contributed by atoms with Crippen LogP contribution in [0.5, 0.6) is 0 Å². The van der Waals surface area contributed by atoms with Gasteiger partial charge in [0.2, 0.25) is 0 Å². The lowest BCUT2D eigenvalue weighted by Crippen LogP contribution is -2.34. The number of hydrogen-bond acceptors (Lipinski definition) is 3. The minimum absolute atomic E-state index is 0.0214. The lowest BCUT2D eigenvalue weighted by atomic mass is 10.1. The Labute approximate surface area is 125 Å². The van der Waals surface area contributed by atoms with Crippen LogP contribution in [0, 0.1) is 13.8 Å². The van der Waals surface area contributed by atoms with Crippen LogP contribution >= 0.6 is 0 Å². The third kappa shape index (κ3) is 3.95. The van der Waals surface area contributed by atoms with Crippen molar-refractivity contribution in [3.8, 4) is 0 Å². The number of benzene rings is 1. The zero-order valence-corrected chi connectivity index (χ0v) is 13.0. The van der Waals surface area contributed by atoms with E-state index in [1.54, 1.807) is 0 Å². The zero-order chi connectivity index (χ0) is 15.4. The highest BCUT2D eigenvalue weighted by Crippen LogP contribution is 2.20. The summed E-state index contributed by atoms with van der Waals surface area (Å²) < 4.78 is 5.67. The smallest absolute Gasteiger partial charge is 0.251 e. The van der Waals surface area contributed by atoms with Crippen molar-refractivity contribution in [1.82, 2.24) is 10.2 Å². The highest BCUT2D eigenvalue weighted by molar-refractivity contribution is 5.94. The summed E-state index contributed by atoms with van der Waals surface area (Å²) in [6, 6.07) is 11.5. The third-order valence-electron chi connectivity index (χ3n) is 3.48. The second-order valence-electron chi connectivity index (χ2n) is 5.50. The molecule has 0 spiro atoms. The van der Waals surface area contributed by atoms with Crippen LogP contribution in [0.2, 0.25) is 0 Å². The Kier molecular flexibility index (Phi) is 4.81. The number of rotatable bonds is 5. The monoisotopic (exact) mass is 286 g/mol. The molecule has 4 nitrogen and oxygen atoms in total. The van der Waals surface area contributed by atoms with Gasteiger partial charge in [-0.15, -0.1) is 0 Å². The fraction of sp³-hybridized carbons (Fsp3) is 0.353.